The lowest BCUT2D eigenvalue weighted by Gasteiger charge is -2.21. The van der Waals surface area contributed by atoms with Crippen LogP contribution in [-0.4, -0.2) is 77.2 Å². The number of alkyl halides is 3. The highest BCUT2D eigenvalue weighted by Crippen LogP contribution is 2.37. The van der Waals surface area contributed by atoms with Crippen molar-refractivity contribution in [3.05, 3.63) is 47.6 Å². The van der Waals surface area contributed by atoms with Crippen LogP contribution in [-0.2, 0) is 31.0 Å². The minimum absolute atomic E-state index is 0.192. The predicted molar refractivity (Wildman–Crippen MR) is 118 cm³/mol. The molecule has 1 N–H and O–H groups in total. The Kier molecular flexibility index (Phi) is 7.81. The average molecular weight is 535 g/mol. The molecule has 2 aliphatic rings. The zero-order valence-electron chi connectivity index (χ0n) is 18.3. The lowest BCUT2D eigenvalue weighted by Crippen LogP contribution is -2.38. The molecular weight excluding hydrogens is 513 g/mol. The van der Waals surface area contributed by atoms with Crippen LogP contribution in [0.25, 0.3) is 0 Å². The van der Waals surface area contributed by atoms with Crippen molar-refractivity contribution in [1.29, 1.82) is 0 Å². The maximum Gasteiger partial charge on any atom is 0.490 e. The number of hydrogen-bond donors (Lipinski definition) is 1. The molecule has 1 unspecified atom stereocenters. The lowest BCUT2D eigenvalue weighted by atomic mass is 9.96. The van der Waals surface area contributed by atoms with Crippen molar-refractivity contribution in [3.8, 4) is 0 Å². The molecule has 35 heavy (non-hydrogen) atoms. The molecule has 0 saturated carbocycles. The van der Waals surface area contributed by atoms with Gasteiger partial charge in [-0.25, -0.2) is 13.2 Å². The summed E-state index contributed by atoms with van der Waals surface area (Å²) < 4.78 is 58.9. The number of carboxylic acid groups (broad SMARTS) is 1. The number of aromatic nitrogens is 1. The molecule has 2 aromatic rings. The van der Waals surface area contributed by atoms with Gasteiger partial charge in [0.1, 0.15) is 9.92 Å². The molecule has 1 spiro atoms. The zero-order valence-corrected chi connectivity index (χ0v) is 19.9. The smallest absolute Gasteiger partial charge is 0.475 e. The summed E-state index contributed by atoms with van der Waals surface area (Å²) in [5.74, 6) is -2.99. The van der Waals surface area contributed by atoms with E-state index in [0.717, 1.165) is 5.69 Å². The molecule has 2 aromatic heterocycles. The normalized spacial score (nSPS) is 20.1. The first-order valence-corrected chi connectivity index (χ1v) is 12.4. The number of sulfonamides is 1. The molecule has 190 valence electrons. The van der Waals surface area contributed by atoms with Crippen molar-refractivity contribution in [2.45, 2.75) is 35.4 Å². The summed E-state index contributed by atoms with van der Waals surface area (Å²) in [4.78, 5) is 33.0. The van der Waals surface area contributed by atoms with Crippen molar-refractivity contribution in [2.75, 3.05) is 20.1 Å². The molecule has 2 aliphatic heterocycles. The van der Waals surface area contributed by atoms with Crippen LogP contribution in [0, 0.1) is 0 Å². The van der Waals surface area contributed by atoms with Crippen LogP contribution in [0.5, 0.6) is 0 Å². The van der Waals surface area contributed by atoms with Crippen LogP contribution in [0.1, 0.15) is 18.5 Å². The highest BCUT2D eigenvalue weighted by atomic mass is 32.2. The lowest BCUT2D eigenvalue weighted by molar-refractivity contribution is -0.192. The summed E-state index contributed by atoms with van der Waals surface area (Å²) >= 11 is 1.19. The van der Waals surface area contributed by atoms with Gasteiger partial charge in [0.25, 0.3) is 15.9 Å². The van der Waals surface area contributed by atoms with Gasteiger partial charge >= 0.3 is 12.1 Å². The molecule has 0 radical (unpaired) electrons. The number of nitrogens with zero attached hydrogens (tertiary/aromatic N) is 4. The highest BCUT2D eigenvalue weighted by Gasteiger charge is 2.50. The van der Waals surface area contributed by atoms with Gasteiger partial charge in [-0.2, -0.15) is 17.5 Å². The molecule has 1 fully saturated rings. The van der Waals surface area contributed by atoms with Gasteiger partial charge in [-0.15, -0.1) is 11.3 Å². The number of halogens is 3. The van der Waals surface area contributed by atoms with Crippen molar-refractivity contribution in [1.82, 2.24) is 14.2 Å². The standard InChI is InChI=1S/C18H20N4O4S2.C2HF3O2/c1-21(12-14-5-2-3-8-19-14)17(23)15-11-18(26-20-15)7-9-22(13-18)28(24,25)16-6-4-10-27-16;3-2(4,5)1(6)7/h2-6,8,10H,7,9,11-13H2,1H3;(H,6,7). The summed E-state index contributed by atoms with van der Waals surface area (Å²) in [5.41, 5.74) is 0.330. The van der Waals surface area contributed by atoms with Gasteiger partial charge in [-0.1, -0.05) is 17.3 Å². The third-order valence-electron chi connectivity index (χ3n) is 5.17. The number of pyridine rings is 1. The van der Waals surface area contributed by atoms with E-state index < -0.39 is 27.8 Å². The maximum absolute atomic E-state index is 12.7. The van der Waals surface area contributed by atoms with Gasteiger partial charge in [-0.05, 0) is 23.6 Å². The second-order valence-corrected chi connectivity index (χ2v) is 10.9. The first kappa shape index (κ1) is 26.6. The molecule has 4 heterocycles. The van der Waals surface area contributed by atoms with E-state index >= 15 is 0 Å². The van der Waals surface area contributed by atoms with E-state index in [1.165, 1.54) is 15.6 Å². The number of amides is 1. The number of aliphatic carboxylic acids is 1. The predicted octanol–water partition coefficient (Wildman–Crippen LogP) is 2.34. The van der Waals surface area contributed by atoms with E-state index in [0.29, 0.717) is 35.9 Å². The Morgan fingerprint density at radius 2 is 2.00 bits per heavy atom. The number of carboxylic acids is 1. The van der Waals surface area contributed by atoms with E-state index in [4.69, 9.17) is 14.7 Å². The van der Waals surface area contributed by atoms with Gasteiger partial charge in [0.15, 0.2) is 5.60 Å². The molecular formula is C20H21F3N4O6S2. The van der Waals surface area contributed by atoms with E-state index in [1.807, 2.05) is 18.2 Å². The Balaban J connectivity index is 0.000000429. The topological polar surface area (TPSA) is 129 Å². The van der Waals surface area contributed by atoms with Crippen molar-refractivity contribution in [2.24, 2.45) is 5.16 Å². The Hall–Kier alpha value is -3.04. The first-order chi connectivity index (χ1) is 16.3. The molecule has 1 atom stereocenters. The molecule has 0 bridgehead atoms. The van der Waals surface area contributed by atoms with Crippen LogP contribution in [0.4, 0.5) is 13.2 Å². The van der Waals surface area contributed by atoms with Gasteiger partial charge < -0.3 is 14.8 Å². The van der Waals surface area contributed by atoms with Crippen LogP contribution in [0.2, 0.25) is 0 Å². The van der Waals surface area contributed by atoms with Gasteiger partial charge in [-0.3, -0.25) is 9.78 Å². The summed E-state index contributed by atoms with van der Waals surface area (Å²) in [5, 5.41) is 12.9. The van der Waals surface area contributed by atoms with Gasteiger partial charge in [0.2, 0.25) is 0 Å². The van der Waals surface area contributed by atoms with Crippen LogP contribution in [0.3, 0.4) is 0 Å². The quantitative estimate of drug-likeness (QED) is 0.623. The molecule has 15 heteroatoms. The second kappa shape index (κ2) is 10.3. The van der Waals surface area contributed by atoms with E-state index in [1.54, 1.807) is 35.7 Å². The second-order valence-electron chi connectivity index (χ2n) is 7.79. The third-order valence-corrected chi connectivity index (χ3v) is 8.39. The fourth-order valence-corrected chi connectivity index (χ4v) is 6.09. The highest BCUT2D eigenvalue weighted by molar-refractivity contribution is 7.91. The van der Waals surface area contributed by atoms with E-state index in [-0.39, 0.29) is 12.5 Å². The van der Waals surface area contributed by atoms with Crippen molar-refractivity contribution in [3.63, 3.8) is 0 Å². The van der Waals surface area contributed by atoms with Gasteiger partial charge in [0, 0.05) is 32.6 Å². The summed E-state index contributed by atoms with van der Waals surface area (Å²) in [7, 11) is -1.85. The Morgan fingerprint density at radius 1 is 1.29 bits per heavy atom. The van der Waals surface area contributed by atoms with E-state index in [2.05, 4.69) is 10.1 Å². The number of hydrogen-bond acceptors (Lipinski definition) is 8. The van der Waals surface area contributed by atoms with E-state index in [9.17, 15) is 26.4 Å². The Morgan fingerprint density at radius 3 is 2.57 bits per heavy atom. The fourth-order valence-electron chi connectivity index (χ4n) is 3.43. The summed E-state index contributed by atoms with van der Waals surface area (Å²) in [6.07, 6.45) is -2.60. The first-order valence-electron chi connectivity index (χ1n) is 10.1. The van der Waals surface area contributed by atoms with Crippen molar-refractivity contribution >= 4 is 38.9 Å². The summed E-state index contributed by atoms with van der Waals surface area (Å²) in [6.45, 7) is 0.906. The van der Waals surface area contributed by atoms with Crippen LogP contribution < -0.4 is 0 Å². The number of carbonyl (C=O) groups is 2. The monoisotopic (exact) mass is 534 g/mol. The molecule has 0 aromatic carbocycles. The average Bonchev–Trinajstić information content (AvgIpc) is 3.56. The largest absolute Gasteiger partial charge is 0.490 e. The Bertz CT molecular complexity index is 1190. The molecule has 0 aliphatic carbocycles. The number of rotatable bonds is 5. The number of thiophene rings is 1. The van der Waals surface area contributed by atoms with Crippen LogP contribution in [0.15, 0.2) is 51.3 Å². The van der Waals surface area contributed by atoms with Gasteiger partial charge in [0.05, 0.1) is 18.8 Å². The fraction of sp³-hybridized carbons (Fsp3) is 0.400. The molecule has 4 rings (SSSR count). The molecule has 1 saturated heterocycles. The maximum atomic E-state index is 12.7. The molecule has 10 nitrogen and oxygen atoms in total. The minimum Gasteiger partial charge on any atom is -0.475 e. The summed E-state index contributed by atoms with van der Waals surface area (Å²) in [6, 6.07) is 8.85. The SMILES string of the molecule is CN(Cc1ccccn1)C(=O)C1=NOC2(CCN(S(=O)(=O)c3cccs3)C2)C1.O=C(O)C(F)(F)F. The number of oxime groups is 1. The number of carbonyl (C=O) groups excluding carboxylic acids is 1. The van der Waals surface area contributed by atoms with Crippen molar-refractivity contribution < 1.29 is 41.1 Å². The Labute approximate surface area is 202 Å². The zero-order chi connectivity index (χ0) is 25.9. The molecule has 1 amide bonds. The van der Waals surface area contributed by atoms with Crippen LogP contribution >= 0.6 is 11.3 Å². The minimum atomic E-state index is -5.08. The third kappa shape index (κ3) is 6.35.